The summed E-state index contributed by atoms with van der Waals surface area (Å²) in [5.41, 5.74) is 3.46. The van der Waals surface area contributed by atoms with Crippen LogP contribution >= 0.6 is 0 Å². The van der Waals surface area contributed by atoms with Gasteiger partial charge in [0.05, 0.1) is 17.6 Å². The lowest BCUT2D eigenvalue weighted by atomic mass is 9.85. The fourth-order valence-corrected chi connectivity index (χ4v) is 5.36. The highest BCUT2D eigenvalue weighted by atomic mass is 32.2. The fourth-order valence-electron chi connectivity index (χ4n) is 4.74. The Kier molecular flexibility index (Phi) is 9.57. The molecule has 34 heavy (non-hydrogen) atoms. The van der Waals surface area contributed by atoms with Crippen LogP contribution < -0.4 is 14.9 Å². The normalized spacial score (nSPS) is 13.7. The van der Waals surface area contributed by atoms with Gasteiger partial charge in [-0.05, 0) is 43.4 Å². The quantitative estimate of drug-likeness (QED) is 0.366. The van der Waals surface area contributed by atoms with Crippen molar-refractivity contribution in [1.29, 1.82) is 0 Å². The second-order valence-electron chi connectivity index (χ2n) is 10.3. The third-order valence-electron chi connectivity index (χ3n) is 6.88. The molecule has 1 aliphatic heterocycles. The molecule has 0 atom stereocenters. The average molecular weight is 494 g/mol. The Morgan fingerprint density at radius 2 is 1.56 bits per heavy atom. The van der Waals surface area contributed by atoms with Crippen LogP contribution in [0.2, 0.25) is 0 Å². The average Bonchev–Trinajstić information content (AvgIpc) is 3.18. The van der Waals surface area contributed by atoms with Gasteiger partial charge in [0.1, 0.15) is 0 Å². The lowest BCUT2D eigenvalue weighted by molar-refractivity contribution is -0.124. The van der Waals surface area contributed by atoms with Gasteiger partial charge in [-0.15, -0.1) is 0 Å². The van der Waals surface area contributed by atoms with Gasteiger partial charge >= 0.3 is 0 Å². The zero-order valence-corrected chi connectivity index (χ0v) is 22.9. The summed E-state index contributed by atoms with van der Waals surface area (Å²) in [5, 5.41) is 3.11. The van der Waals surface area contributed by atoms with Crippen molar-refractivity contribution in [3.63, 3.8) is 0 Å². The van der Waals surface area contributed by atoms with Crippen molar-refractivity contribution in [2.45, 2.75) is 99.3 Å². The maximum atomic E-state index is 13.3. The highest BCUT2D eigenvalue weighted by molar-refractivity contribution is 7.92. The third kappa shape index (κ3) is 6.96. The van der Waals surface area contributed by atoms with E-state index < -0.39 is 15.4 Å². The molecule has 0 fully saturated rings. The first-order chi connectivity index (χ1) is 15.8. The number of rotatable bonds is 12. The highest BCUT2D eigenvalue weighted by Gasteiger charge is 2.33. The fraction of sp³-hybridized carbons (Fsp3) is 0.692. The number of carbonyl (C=O) groups is 2. The number of fused-ring (bicyclic) bond motifs is 1. The number of unbranched alkanes of at least 4 members (excludes halogenated alkanes) is 6. The van der Waals surface area contributed by atoms with Gasteiger partial charge in [-0.3, -0.25) is 14.3 Å². The molecule has 0 aromatic heterocycles. The van der Waals surface area contributed by atoms with Crippen LogP contribution in [0.25, 0.3) is 0 Å². The Bertz CT molecular complexity index is 1020. The molecule has 0 bridgehead atoms. The van der Waals surface area contributed by atoms with Crippen LogP contribution in [0.15, 0.2) is 0 Å². The van der Waals surface area contributed by atoms with Crippen molar-refractivity contribution in [3.05, 3.63) is 16.7 Å². The standard InChI is InChI=1S/C26H43N3O4S/c1-8-9-10-11-12-13-14-16-26(5,6)25(31)27-22-18(2)21-15-17-29(20(4)30)24(21)23(19(22)3)28-34(7,32)33/h28H,8-17H2,1-7H3,(H,27,31). The summed E-state index contributed by atoms with van der Waals surface area (Å²) in [5.74, 6) is -0.210. The molecule has 0 radical (unpaired) electrons. The zero-order chi connectivity index (χ0) is 25.7. The molecule has 0 saturated heterocycles. The van der Waals surface area contributed by atoms with Crippen LogP contribution in [-0.2, 0) is 26.0 Å². The lowest BCUT2D eigenvalue weighted by Gasteiger charge is -2.28. The molecular formula is C26H43N3O4S. The summed E-state index contributed by atoms with van der Waals surface area (Å²) in [6.07, 6.45) is 10.9. The van der Waals surface area contributed by atoms with Gasteiger partial charge in [0.15, 0.2) is 0 Å². The maximum absolute atomic E-state index is 13.3. The van der Waals surface area contributed by atoms with Crippen molar-refractivity contribution >= 4 is 38.9 Å². The van der Waals surface area contributed by atoms with Crippen molar-refractivity contribution in [2.24, 2.45) is 5.41 Å². The van der Waals surface area contributed by atoms with Gasteiger partial charge in [0.25, 0.3) is 0 Å². The number of carbonyl (C=O) groups excluding carboxylic acids is 2. The van der Waals surface area contributed by atoms with Crippen LogP contribution in [-0.4, -0.2) is 33.0 Å². The first-order valence-electron chi connectivity index (χ1n) is 12.5. The number of nitrogens with zero attached hydrogens (tertiary/aromatic N) is 1. The molecular weight excluding hydrogens is 450 g/mol. The molecule has 1 heterocycles. The molecule has 192 valence electrons. The van der Waals surface area contributed by atoms with Crippen LogP contribution in [0.3, 0.4) is 0 Å². The minimum Gasteiger partial charge on any atom is -0.325 e. The summed E-state index contributed by atoms with van der Waals surface area (Å²) in [4.78, 5) is 27.1. The number of hydrogen-bond acceptors (Lipinski definition) is 4. The van der Waals surface area contributed by atoms with Gasteiger partial charge in [0.2, 0.25) is 21.8 Å². The number of benzene rings is 1. The van der Waals surface area contributed by atoms with Crippen molar-refractivity contribution < 1.29 is 18.0 Å². The number of nitrogens with one attached hydrogen (secondary N) is 2. The predicted octanol–water partition coefficient (Wildman–Crippen LogP) is 5.69. The van der Waals surface area contributed by atoms with E-state index in [0.717, 1.165) is 36.6 Å². The SMILES string of the molecule is CCCCCCCCCC(C)(C)C(=O)Nc1c(C)c2c(c(NS(C)(=O)=O)c1C)N(C(C)=O)CC2. The molecule has 1 aromatic carbocycles. The molecule has 0 spiro atoms. The molecule has 2 amide bonds. The zero-order valence-electron chi connectivity index (χ0n) is 22.1. The predicted molar refractivity (Wildman–Crippen MR) is 141 cm³/mol. The van der Waals surface area contributed by atoms with Gasteiger partial charge in [0, 0.05) is 24.6 Å². The minimum atomic E-state index is -3.58. The largest absolute Gasteiger partial charge is 0.325 e. The van der Waals surface area contributed by atoms with Gasteiger partial charge in [-0.25, -0.2) is 8.42 Å². The number of hydrogen-bond donors (Lipinski definition) is 2. The molecule has 7 nitrogen and oxygen atoms in total. The number of amides is 2. The van der Waals surface area contributed by atoms with Gasteiger partial charge < -0.3 is 10.2 Å². The van der Waals surface area contributed by atoms with Crippen molar-refractivity contribution in [3.8, 4) is 0 Å². The smallest absolute Gasteiger partial charge is 0.230 e. The molecule has 1 aliphatic rings. The van der Waals surface area contributed by atoms with Crippen LogP contribution in [0.1, 0.15) is 95.8 Å². The Labute approximate surface area is 206 Å². The molecule has 0 saturated carbocycles. The van der Waals surface area contributed by atoms with Crippen LogP contribution in [0, 0.1) is 19.3 Å². The Morgan fingerprint density at radius 1 is 0.971 bits per heavy atom. The summed E-state index contributed by atoms with van der Waals surface area (Å²) in [6.45, 7) is 11.8. The van der Waals surface area contributed by atoms with E-state index >= 15 is 0 Å². The van der Waals surface area contributed by atoms with Gasteiger partial charge in [-0.1, -0.05) is 65.7 Å². The van der Waals surface area contributed by atoms with Crippen molar-refractivity contribution in [2.75, 3.05) is 27.7 Å². The van der Waals surface area contributed by atoms with E-state index in [1.165, 1.54) is 39.0 Å². The third-order valence-corrected chi connectivity index (χ3v) is 7.46. The van der Waals surface area contributed by atoms with Crippen molar-refractivity contribution in [1.82, 2.24) is 0 Å². The Morgan fingerprint density at radius 3 is 2.12 bits per heavy atom. The lowest BCUT2D eigenvalue weighted by Crippen LogP contribution is -2.32. The number of sulfonamides is 1. The molecule has 8 heteroatoms. The molecule has 1 aromatic rings. The van der Waals surface area contributed by atoms with E-state index in [0.29, 0.717) is 35.6 Å². The summed E-state index contributed by atoms with van der Waals surface area (Å²) < 4.78 is 26.9. The molecule has 0 unspecified atom stereocenters. The van der Waals surface area contributed by atoms with Gasteiger partial charge in [-0.2, -0.15) is 0 Å². The van der Waals surface area contributed by atoms with Crippen LogP contribution in [0.5, 0.6) is 0 Å². The van der Waals surface area contributed by atoms with E-state index in [-0.39, 0.29) is 11.8 Å². The summed E-state index contributed by atoms with van der Waals surface area (Å²) in [7, 11) is -3.58. The topological polar surface area (TPSA) is 95.6 Å². The maximum Gasteiger partial charge on any atom is 0.230 e. The molecule has 0 aliphatic carbocycles. The first kappa shape index (κ1) is 28.1. The number of anilines is 3. The van der Waals surface area contributed by atoms with E-state index in [9.17, 15) is 18.0 Å². The second kappa shape index (κ2) is 11.6. The second-order valence-corrected chi connectivity index (χ2v) is 12.1. The summed E-state index contributed by atoms with van der Waals surface area (Å²) >= 11 is 0. The highest BCUT2D eigenvalue weighted by Crippen LogP contribution is 2.45. The van der Waals surface area contributed by atoms with Crippen LogP contribution in [0.4, 0.5) is 17.1 Å². The Hall–Kier alpha value is -2.09. The molecule has 2 rings (SSSR count). The van der Waals surface area contributed by atoms with E-state index in [1.807, 2.05) is 20.8 Å². The Balaban J connectivity index is 2.26. The first-order valence-corrected chi connectivity index (χ1v) is 14.4. The van der Waals surface area contributed by atoms with E-state index in [2.05, 4.69) is 17.0 Å². The minimum absolute atomic E-state index is 0.0728. The van der Waals surface area contributed by atoms with E-state index in [1.54, 1.807) is 11.8 Å². The van der Waals surface area contributed by atoms with E-state index in [4.69, 9.17) is 0 Å². The monoisotopic (exact) mass is 493 g/mol. The molecule has 2 N–H and O–H groups in total. The summed E-state index contributed by atoms with van der Waals surface area (Å²) in [6, 6.07) is 0.